The lowest BCUT2D eigenvalue weighted by Gasteiger charge is -2.22. The van der Waals surface area contributed by atoms with Crippen LogP contribution in [0.15, 0.2) is 54.6 Å². The van der Waals surface area contributed by atoms with Gasteiger partial charge < -0.3 is 15.5 Å². The van der Waals surface area contributed by atoms with E-state index in [2.05, 4.69) is 5.32 Å². The number of nitro groups is 1. The first-order valence-corrected chi connectivity index (χ1v) is 8.18. The van der Waals surface area contributed by atoms with Crippen molar-refractivity contribution < 1.29 is 24.7 Å². The van der Waals surface area contributed by atoms with Gasteiger partial charge in [-0.2, -0.15) is 0 Å². The number of anilines is 2. The molecule has 0 atom stereocenters. The van der Waals surface area contributed by atoms with Crippen LogP contribution in [0.5, 0.6) is 11.5 Å². The topological polar surface area (TPSA) is 130 Å². The Morgan fingerprint density at radius 2 is 1.57 bits per heavy atom. The number of rotatable bonds is 3. The van der Waals surface area contributed by atoms with Crippen LogP contribution in [0.25, 0.3) is 0 Å². The summed E-state index contributed by atoms with van der Waals surface area (Å²) in [5.41, 5.74) is -1.05. The standard InChI is InChI=1S/C20H12N2O6/c23-14-9-12-16(17(19(14)25)21-10-5-2-1-3-6-10)20(26)15-11(18(12)24)7-4-8-13(15)22(27)28/h1-9,21,23,25H. The second-order valence-electron chi connectivity index (χ2n) is 6.15. The van der Waals surface area contributed by atoms with Crippen LogP contribution in [-0.4, -0.2) is 26.7 Å². The molecule has 8 nitrogen and oxygen atoms in total. The highest BCUT2D eigenvalue weighted by Gasteiger charge is 2.38. The Kier molecular flexibility index (Phi) is 3.82. The highest BCUT2D eigenvalue weighted by Crippen LogP contribution is 2.45. The molecule has 0 heterocycles. The number of carbonyl (C=O) groups excluding carboxylic acids is 2. The highest BCUT2D eigenvalue weighted by molar-refractivity contribution is 6.32. The van der Waals surface area contributed by atoms with Gasteiger partial charge in [-0.3, -0.25) is 19.7 Å². The minimum atomic E-state index is -0.786. The van der Waals surface area contributed by atoms with Crippen molar-refractivity contribution in [2.24, 2.45) is 0 Å². The molecule has 0 unspecified atom stereocenters. The number of phenols is 2. The molecule has 1 aliphatic rings. The number of nitrogens with one attached hydrogen (secondary N) is 1. The average Bonchev–Trinajstić information content (AvgIpc) is 2.69. The summed E-state index contributed by atoms with van der Waals surface area (Å²) in [5, 5.41) is 34.6. The van der Waals surface area contributed by atoms with Crippen LogP contribution in [0, 0.1) is 10.1 Å². The summed E-state index contributed by atoms with van der Waals surface area (Å²) in [6.07, 6.45) is 0. The Hall–Kier alpha value is -4.20. The Labute approximate surface area is 157 Å². The molecule has 0 saturated carbocycles. The first-order valence-electron chi connectivity index (χ1n) is 8.18. The number of carbonyl (C=O) groups is 2. The van der Waals surface area contributed by atoms with Gasteiger partial charge in [0.1, 0.15) is 5.56 Å². The predicted octanol–water partition coefficient (Wildman–Crippen LogP) is 3.53. The molecule has 0 saturated heterocycles. The normalized spacial score (nSPS) is 12.3. The van der Waals surface area contributed by atoms with Gasteiger partial charge in [-0.05, 0) is 24.3 Å². The van der Waals surface area contributed by atoms with Crippen molar-refractivity contribution in [3.8, 4) is 11.5 Å². The van der Waals surface area contributed by atoms with E-state index in [4.69, 9.17) is 0 Å². The highest BCUT2D eigenvalue weighted by atomic mass is 16.6. The SMILES string of the molecule is O=C1c2cccc([N+](=O)[O-])c2C(=O)c2c1cc(O)c(O)c2Nc1ccccc1. The number of hydrogen-bond donors (Lipinski definition) is 3. The largest absolute Gasteiger partial charge is 0.504 e. The molecule has 3 aromatic rings. The van der Waals surface area contributed by atoms with Crippen LogP contribution in [0.4, 0.5) is 17.1 Å². The van der Waals surface area contributed by atoms with Crippen molar-refractivity contribution >= 4 is 28.6 Å². The zero-order valence-corrected chi connectivity index (χ0v) is 14.2. The molecule has 3 aromatic carbocycles. The summed E-state index contributed by atoms with van der Waals surface area (Å²) in [7, 11) is 0. The average molecular weight is 376 g/mol. The van der Waals surface area contributed by atoms with Crippen molar-refractivity contribution in [2.45, 2.75) is 0 Å². The lowest BCUT2D eigenvalue weighted by molar-refractivity contribution is -0.385. The van der Waals surface area contributed by atoms with Gasteiger partial charge in [0, 0.05) is 22.9 Å². The number of benzene rings is 3. The Morgan fingerprint density at radius 1 is 0.857 bits per heavy atom. The van der Waals surface area contributed by atoms with Crippen molar-refractivity contribution in [1.29, 1.82) is 0 Å². The molecular formula is C20H12N2O6. The van der Waals surface area contributed by atoms with E-state index in [0.29, 0.717) is 5.69 Å². The molecule has 0 bridgehead atoms. The van der Waals surface area contributed by atoms with E-state index in [1.807, 2.05) is 0 Å². The fourth-order valence-electron chi connectivity index (χ4n) is 3.25. The van der Waals surface area contributed by atoms with Crippen molar-refractivity contribution in [1.82, 2.24) is 0 Å². The molecular weight excluding hydrogens is 364 g/mol. The summed E-state index contributed by atoms with van der Waals surface area (Å²) < 4.78 is 0. The molecule has 0 radical (unpaired) electrons. The summed E-state index contributed by atoms with van der Waals surface area (Å²) in [6.45, 7) is 0. The third-order valence-electron chi connectivity index (χ3n) is 4.51. The molecule has 28 heavy (non-hydrogen) atoms. The van der Waals surface area contributed by atoms with E-state index in [9.17, 15) is 29.9 Å². The molecule has 1 aliphatic carbocycles. The van der Waals surface area contributed by atoms with Gasteiger partial charge in [0.25, 0.3) is 5.69 Å². The molecule has 0 amide bonds. The molecule has 138 valence electrons. The first-order chi connectivity index (χ1) is 13.4. The molecule has 0 aromatic heterocycles. The van der Waals surface area contributed by atoms with E-state index in [1.54, 1.807) is 30.3 Å². The third kappa shape index (κ3) is 2.47. The smallest absolute Gasteiger partial charge is 0.281 e. The molecule has 3 N–H and O–H groups in total. The Morgan fingerprint density at radius 3 is 2.25 bits per heavy atom. The second-order valence-corrected chi connectivity index (χ2v) is 6.15. The lowest BCUT2D eigenvalue weighted by Crippen LogP contribution is -2.23. The van der Waals surface area contributed by atoms with Crippen LogP contribution >= 0.6 is 0 Å². The number of nitrogens with zero attached hydrogens (tertiary/aromatic N) is 1. The quantitative estimate of drug-likeness (QED) is 0.283. The van der Waals surface area contributed by atoms with Crippen molar-refractivity contribution in [3.05, 3.63) is 87.0 Å². The fraction of sp³-hybridized carbons (Fsp3) is 0. The molecule has 4 rings (SSSR count). The fourth-order valence-corrected chi connectivity index (χ4v) is 3.25. The number of ketones is 2. The minimum Gasteiger partial charge on any atom is -0.504 e. The maximum atomic E-state index is 13.2. The van der Waals surface area contributed by atoms with Gasteiger partial charge >= 0.3 is 0 Å². The molecule has 0 aliphatic heterocycles. The number of nitro benzene ring substituents is 1. The van der Waals surface area contributed by atoms with Crippen LogP contribution < -0.4 is 5.32 Å². The van der Waals surface area contributed by atoms with Gasteiger partial charge in [0.15, 0.2) is 17.3 Å². The number of phenolic OH excluding ortho intramolecular Hbond substituents is 2. The second kappa shape index (κ2) is 6.20. The van der Waals surface area contributed by atoms with Crippen LogP contribution in [0.3, 0.4) is 0 Å². The van der Waals surface area contributed by atoms with Crippen molar-refractivity contribution in [3.63, 3.8) is 0 Å². The summed E-state index contributed by atoms with van der Waals surface area (Å²) in [5.74, 6) is -2.66. The zero-order chi connectivity index (χ0) is 20.0. The lowest BCUT2D eigenvalue weighted by atomic mass is 9.82. The maximum Gasteiger partial charge on any atom is 0.281 e. The number of hydrogen-bond acceptors (Lipinski definition) is 7. The zero-order valence-electron chi connectivity index (χ0n) is 14.2. The Balaban J connectivity index is 2.00. The van der Waals surface area contributed by atoms with Crippen LogP contribution in [0.2, 0.25) is 0 Å². The van der Waals surface area contributed by atoms with E-state index in [0.717, 1.165) is 12.1 Å². The van der Waals surface area contributed by atoms with E-state index in [-0.39, 0.29) is 27.9 Å². The van der Waals surface area contributed by atoms with Gasteiger partial charge in [-0.1, -0.05) is 24.3 Å². The number of aromatic hydroxyl groups is 2. The number of fused-ring (bicyclic) bond motifs is 2. The van der Waals surface area contributed by atoms with E-state index >= 15 is 0 Å². The summed E-state index contributed by atoms with van der Waals surface area (Å²) >= 11 is 0. The summed E-state index contributed by atoms with van der Waals surface area (Å²) in [4.78, 5) is 36.7. The molecule has 8 heteroatoms. The predicted molar refractivity (Wildman–Crippen MR) is 99.5 cm³/mol. The van der Waals surface area contributed by atoms with Gasteiger partial charge in [0.2, 0.25) is 5.78 Å². The molecule has 0 spiro atoms. The van der Waals surface area contributed by atoms with E-state index < -0.39 is 33.7 Å². The van der Waals surface area contributed by atoms with Gasteiger partial charge in [-0.25, -0.2) is 0 Å². The Bertz CT molecular complexity index is 1170. The van der Waals surface area contributed by atoms with Crippen LogP contribution in [0.1, 0.15) is 31.8 Å². The van der Waals surface area contributed by atoms with Crippen LogP contribution in [-0.2, 0) is 0 Å². The summed E-state index contributed by atoms with van der Waals surface area (Å²) in [6, 6.07) is 13.3. The third-order valence-corrected chi connectivity index (χ3v) is 4.51. The minimum absolute atomic E-state index is 0.123. The number of para-hydroxylation sites is 1. The molecule has 0 fully saturated rings. The first kappa shape index (κ1) is 17.2. The maximum absolute atomic E-state index is 13.2. The van der Waals surface area contributed by atoms with E-state index in [1.165, 1.54) is 12.1 Å². The van der Waals surface area contributed by atoms with Crippen molar-refractivity contribution in [2.75, 3.05) is 5.32 Å². The van der Waals surface area contributed by atoms with Gasteiger partial charge in [-0.15, -0.1) is 0 Å². The van der Waals surface area contributed by atoms with Gasteiger partial charge in [0.05, 0.1) is 16.2 Å². The monoisotopic (exact) mass is 376 g/mol.